The average molecular weight is 655 g/mol. The molecule has 3 N–H and O–H groups in total. The van der Waals surface area contributed by atoms with E-state index in [9.17, 15) is 24.6 Å². The first kappa shape index (κ1) is 33.8. The van der Waals surface area contributed by atoms with Gasteiger partial charge in [-0.2, -0.15) is 0 Å². The molecule has 7 aliphatic rings. The van der Waals surface area contributed by atoms with Crippen molar-refractivity contribution in [2.24, 2.45) is 40.4 Å². The highest BCUT2D eigenvalue weighted by Gasteiger charge is 2.61. The molecule has 0 aromatic carbocycles. The monoisotopic (exact) mass is 654 g/mol. The minimum Gasteiger partial charge on any atom is -0.393 e. The summed E-state index contributed by atoms with van der Waals surface area (Å²) in [7, 11) is 0. The fourth-order valence-corrected chi connectivity index (χ4v) is 12.4. The van der Waals surface area contributed by atoms with E-state index in [0.717, 1.165) is 58.0 Å². The third-order valence-corrected chi connectivity index (χ3v) is 15.2. The summed E-state index contributed by atoms with van der Waals surface area (Å²) in [6.07, 6.45) is 16.2. The quantitative estimate of drug-likeness (QED) is 0.400. The van der Waals surface area contributed by atoms with Crippen LogP contribution < -0.4 is 5.32 Å². The van der Waals surface area contributed by atoms with Gasteiger partial charge in [-0.05, 0) is 117 Å². The lowest BCUT2D eigenvalue weighted by Crippen LogP contribution is -2.63. The van der Waals surface area contributed by atoms with Crippen LogP contribution >= 0.6 is 0 Å². The molecule has 0 radical (unpaired) electrons. The SMILES string of the molecule is C[C@]12C[C@H](N3CCN(C(=O)[C@@H]4CCCN4C(=O)CNC(=O)CC4CCCCC4)CC3)[C@@H](O)C[C@@H]1CC[C@@H]1[C@@H]2CC[C@]2(C)[C@@H](O)CC[C@@H]12. The van der Waals surface area contributed by atoms with Crippen molar-refractivity contribution in [3.8, 4) is 0 Å². The fraction of sp³-hybridized carbons (Fsp3) is 0.921. The number of aliphatic hydroxyl groups is 2. The van der Waals surface area contributed by atoms with Crippen molar-refractivity contribution in [2.45, 2.75) is 141 Å². The number of carbonyl (C=O) groups is 3. The third-order valence-electron chi connectivity index (χ3n) is 15.2. The summed E-state index contributed by atoms with van der Waals surface area (Å²) >= 11 is 0. The van der Waals surface area contributed by atoms with Crippen LogP contribution in [0.2, 0.25) is 0 Å². The van der Waals surface area contributed by atoms with Gasteiger partial charge in [-0.25, -0.2) is 0 Å². The van der Waals surface area contributed by atoms with E-state index in [1.54, 1.807) is 4.90 Å². The first-order valence-electron chi connectivity index (χ1n) is 19.5. The van der Waals surface area contributed by atoms with Gasteiger partial charge in [-0.15, -0.1) is 0 Å². The lowest BCUT2D eigenvalue weighted by Gasteiger charge is -2.62. The van der Waals surface area contributed by atoms with E-state index >= 15 is 0 Å². The second-order valence-electron chi connectivity index (χ2n) is 17.5. The van der Waals surface area contributed by atoms with Crippen LogP contribution in [0.5, 0.6) is 0 Å². The van der Waals surface area contributed by atoms with Gasteiger partial charge >= 0.3 is 0 Å². The highest BCUT2D eigenvalue weighted by atomic mass is 16.3. The number of amides is 3. The molecular formula is C38H62N4O5. The van der Waals surface area contributed by atoms with Crippen LogP contribution in [0, 0.1) is 40.4 Å². The van der Waals surface area contributed by atoms with E-state index in [4.69, 9.17) is 0 Å². The molecule has 5 saturated carbocycles. The van der Waals surface area contributed by atoms with Crippen molar-refractivity contribution in [1.82, 2.24) is 20.0 Å². The van der Waals surface area contributed by atoms with E-state index in [-0.39, 0.29) is 53.3 Å². The van der Waals surface area contributed by atoms with Gasteiger partial charge in [-0.1, -0.05) is 33.1 Å². The van der Waals surface area contributed by atoms with Crippen LogP contribution in [0.3, 0.4) is 0 Å². The maximum atomic E-state index is 13.8. The van der Waals surface area contributed by atoms with E-state index < -0.39 is 6.04 Å². The molecule has 0 aromatic rings. The molecule has 0 bridgehead atoms. The van der Waals surface area contributed by atoms with Crippen LogP contribution in [0.1, 0.15) is 117 Å². The number of piperazine rings is 1. The minimum absolute atomic E-state index is 0.0230. The summed E-state index contributed by atoms with van der Waals surface area (Å²) in [6, 6.07) is -0.314. The molecule has 10 atom stereocenters. The van der Waals surface area contributed by atoms with Gasteiger partial charge < -0.3 is 25.3 Å². The number of nitrogens with zero attached hydrogens (tertiary/aromatic N) is 3. The van der Waals surface area contributed by atoms with E-state index in [1.807, 2.05) is 4.90 Å². The van der Waals surface area contributed by atoms with Gasteiger partial charge in [0.15, 0.2) is 0 Å². The third kappa shape index (κ3) is 6.28. The number of aliphatic hydroxyl groups excluding tert-OH is 2. The maximum absolute atomic E-state index is 13.8. The minimum atomic E-state index is -0.436. The Labute approximate surface area is 282 Å². The highest BCUT2D eigenvalue weighted by Crippen LogP contribution is 2.66. The number of rotatable bonds is 6. The zero-order chi connectivity index (χ0) is 32.9. The fourth-order valence-electron chi connectivity index (χ4n) is 12.4. The highest BCUT2D eigenvalue weighted by molar-refractivity contribution is 5.90. The summed E-state index contributed by atoms with van der Waals surface area (Å²) in [5.41, 5.74) is 0.300. The zero-order valence-electron chi connectivity index (χ0n) is 29.2. The van der Waals surface area contributed by atoms with Crippen LogP contribution in [-0.2, 0) is 14.4 Å². The molecule has 2 heterocycles. The van der Waals surface area contributed by atoms with Crippen molar-refractivity contribution >= 4 is 17.7 Å². The van der Waals surface area contributed by atoms with E-state index in [1.165, 1.54) is 44.9 Å². The lowest BCUT2D eigenvalue weighted by atomic mass is 9.44. The van der Waals surface area contributed by atoms with Crippen LogP contribution in [-0.4, -0.2) is 106 Å². The number of fused-ring (bicyclic) bond motifs is 5. The molecule has 3 amide bonds. The molecule has 47 heavy (non-hydrogen) atoms. The van der Waals surface area contributed by atoms with Crippen molar-refractivity contribution in [3.05, 3.63) is 0 Å². The molecule has 2 aliphatic heterocycles. The van der Waals surface area contributed by atoms with Crippen molar-refractivity contribution in [1.29, 1.82) is 0 Å². The van der Waals surface area contributed by atoms with E-state index in [0.29, 0.717) is 62.1 Å². The first-order chi connectivity index (χ1) is 22.6. The predicted molar refractivity (Wildman–Crippen MR) is 180 cm³/mol. The van der Waals surface area contributed by atoms with Gasteiger partial charge in [0.25, 0.3) is 0 Å². The Morgan fingerprint density at radius 3 is 2.30 bits per heavy atom. The number of carbonyl (C=O) groups excluding carboxylic acids is 3. The standard InChI is InChI=1S/C38H62N4O5/c1-37-15-14-29-27(28(37)12-13-33(37)44)11-10-26-22-32(43)31(23-38(26,29)2)40-17-19-41(20-18-40)36(47)30-9-6-16-42(30)35(46)24-39-34(45)21-25-7-4-3-5-8-25/h25-33,43-44H,3-24H2,1-2H3,(H,39,45)/t26-,27-,28-,29-,30-,31-,32-,33-,37-,38-/m0/s1. The Kier molecular flexibility index (Phi) is 9.73. The summed E-state index contributed by atoms with van der Waals surface area (Å²) in [6.45, 7) is 8.21. The average Bonchev–Trinajstić information content (AvgIpc) is 3.68. The largest absolute Gasteiger partial charge is 0.393 e. The number of hydrogen-bond acceptors (Lipinski definition) is 6. The predicted octanol–water partition coefficient (Wildman–Crippen LogP) is 3.95. The molecule has 0 aromatic heterocycles. The van der Waals surface area contributed by atoms with E-state index in [2.05, 4.69) is 24.1 Å². The summed E-state index contributed by atoms with van der Waals surface area (Å²) in [4.78, 5) is 45.6. The topological polar surface area (TPSA) is 113 Å². The molecule has 0 unspecified atom stereocenters. The molecule has 2 saturated heterocycles. The second kappa shape index (κ2) is 13.5. The number of likely N-dealkylation sites (tertiary alicyclic amines) is 1. The Hall–Kier alpha value is -1.71. The van der Waals surface area contributed by atoms with Gasteiger partial charge in [0.05, 0.1) is 18.8 Å². The number of hydrogen-bond donors (Lipinski definition) is 3. The summed E-state index contributed by atoms with van der Waals surface area (Å²) < 4.78 is 0. The van der Waals surface area contributed by atoms with Crippen LogP contribution in [0.15, 0.2) is 0 Å². The molecule has 264 valence electrons. The van der Waals surface area contributed by atoms with Crippen LogP contribution in [0.4, 0.5) is 0 Å². The van der Waals surface area contributed by atoms with Gasteiger partial charge in [-0.3, -0.25) is 19.3 Å². The molecule has 9 heteroatoms. The first-order valence-corrected chi connectivity index (χ1v) is 19.5. The van der Waals surface area contributed by atoms with Crippen LogP contribution in [0.25, 0.3) is 0 Å². The smallest absolute Gasteiger partial charge is 0.245 e. The zero-order valence-corrected chi connectivity index (χ0v) is 29.2. The Balaban J connectivity index is 0.924. The van der Waals surface area contributed by atoms with Gasteiger partial charge in [0, 0.05) is 45.2 Å². The molecule has 5 aliphatic carbocycles. The Bertz CT molecular complexity index is 1170. The van der Waals surface area contributed by atoms with Gasteiger partial charge in [0.2, 0.25) is 17.7 Å². The molecule has 9 nitrogen and oxygen atoms in total. The normalized spacial score (nSPS) is 42.8. The lowest BCUT2D eigenvalue weighted by molar-refractivity contribution is -0.158. The molecule has 0 spiro atoms. The number of nitrogens with one attached hydrogen (secondary N) is 1. The molecule has 7 fully saturated rings. The van der Waals surface area contributed by atoms with Crippen molar-refractivity contribution in [2.75, 3.05) is 39.3 Å². The maximum Gasteiger partial charge on any atom is 0.245 e. The Morgan fingerprint density at radius 2 is 1.53 bits per heavy atom. The summed E-state index contributed by atoms with van der Waals surface area (Å²) in [5, 5.41) is 25.2. The Morgan fingerprint density at radius 1 is 0.787 bits per heavy atom. The molecule has 7 rings (SSSR count). The molecular weight excluding hydrogens is 592 g/mol. The van der Waals surface area contributed by atoms with Crippen molar-refractivity contribution < 1.29 is 24.6 Å². The van der Waals surface area contributed by atoms with Gasteiger partial charge in [0.1, 0.15) is 6.04 Å². The summed E-state index contributed by atoms with van der Waals surface area (Å²) in [5.74, 6) is 2.85. The van der Waals surface area contributed by atoms with Crippen molar-refractivity contribution in [3.63, 3.8) is 0 Å². The second-order valence-corrected chi connectivity index (χ2v) is 17.5.